The summed E-state index contributed by atoms with van der Waals surface area (Å²) in [6.07, 6.45) is 0.867. The van der Waals surface area contributed by atoms with Gasteiger partial charge in [-0.1, -0.05) is 48.5 Å². The Bertz CT molecular complexity index is 910. The Kier molecular flexibility index (Phi) is 4.45. The topological polar surface area (TPSA) is 39.2 Å². The van der Waals surface area contributed by atoms with E-state index in [0.29, 0.717) is 6.61 Å². The summed E-state index contributed by atoms with van der Waals surface area (Å²) in [4.78, 5) is 16.8. The third-order valence-electron chi connectivity index (χ3n) is 4.36. The Balaban J connectivity index is 1.68. The van der Waals surface area contributed by atoms with Gasteiger partial charge in [-0.05, 0) is 31.0 Å². The van der Waals surface area contributed by atoms with E-state index in [1.54, 1.807) is 11.8 Å². The molecule has 2 unspecified atom stereocenters. The fourth-order valence-corrected chi connectivity index (χ4v) is 4.28. The van der Waals surface area contributed by atoms with Crippen LogP contribution in [0.4, 0.5) is 0 Å². The van der Waals surface area contributed by atoms with Crippen molar-refractivity contribution in [3.63, 3.8) is 0 Å². The number of hydrogen-bond acceptors (Lipinski definition) is 4. The fourth-order valence-electron chi connectivity index (χ4n) is 2.96. The number of ether oxygens (including phenoxy) is 1. The van der Waals surface area contributed by atoms with E-state index in [0.717, 1.165) is 33.5 Å². The van der Waals surface area contributed by atoms with Gasteiger partial charge >= 0.3 is 5.97 Å². The molecule has 0 aliphatic heterocycles. The largest absolute Gasteiger partial charge is 0.466 e. The minimum atomic E-state index is -0.0814. The third-order valence-corrected chi connectivity index (χ3v) is 5.72. The summed E-state index contributed by atoms with van der Waals surface area (Å²) in [6.45, 7) is 2.29. The molecule has 0 N–H and O–H groups in total. The number of esters is 1. The highest BCUT2D eigenvalue weighted by atomic mass is 32.2. The quantitative estimate of drug-likeness (QED) is 0.611. The minimum Gasteiger partial charge on any atom is -0.466 e. The van der Waals surface area contributed by atoms with Crippen LogP contribution >= 0.6 is 11.8 Å². The second-order valence-electron chi connectivity index (χ2n) is 6.15. The van der Waals surface area contributed by atoms with Gasteiger partial charge in [-0.3, -0.25) is 4.79 Å². The zero-order valence-electron chi connectivity index (χ0n) is 14.0. The van der Waals surface area contributed by atoms with Gasteiger partial charge in [0.25, 0.3) is 0 Å². The number of thioether (sulfide) groups is 1. The van der Waals surface area contributed by atoms with E-state index in [9.17, 15) is 4.79 Å². The van der Waals surface area contributed by atoms with E-state index in [4.69, 9.17) is 9.72 Å². The molecular weight excluding hydrogens is 330 g/mol. The number of benzene rings is 2. The van der Waals surface area contributed by atoms with Crippen LogP contribution < -0.4 is 0 Å². The van der Waals surface area contributed by atoms with Crippen molar-refractivity contribution in [2.45, 2.75) is 23.6 Å². The summed E-state index contributed by atoms with van der Waals surface area (Å²) < 4.78 is 5.15. The highest BCUT2D eigenvalue weighted by Gasteiger charge is 2.45. The Morgan fingerprint density at radius 1 is 1.16 bits per heavy atom. The molecule has 0 spiro atoms. The molecule has 1 fully saturated rings. The Hall–Kier alpha value is -2.33. The summed E-state index contributed by atoms with van der Waals surface area (Å²) in [5.41, 5.74) is 3.26. The fraction of sp³-hybridized carbons (Fsp3) is 0.238. The van der Waals surface area contributed by atoms with Crippen LogP contribution in [0.5, 0.6) is 0 Å². The van der Waals surface area contributed by atoms with E-state index in [1.165, 1.54) is 0 Å². The van der Waals surface area contributed by atoms with Crippen LogP contribution in [0, 0.1) is 5.92 Å². The number of para-hydroxylation sites is 1. The second-order valence-corrected chi connectivity index (χ2v) is 7.38. The molecule has 2 aromatic carbocycles. The summed E-state index contributed by atoms with van der Waals surface area (Å²) in [7, 11) is 0. The molecule has 4 rings (SSSR count). The van der Waals surface area contributed by atoms with Crippen molar-refractivity contribution >= 4 is 28.6 Å². The van der Waals surface area contributed by atoms with Crippen LogP contribution in [0.3, 0.4) is 0 Å². The standard InChI is InChI=1S/C21H19NO2S/c1-2-24-21(23)17-13-19(17)25-20-16(14-8-4-3-5-9-14)12-15-10-6-7-11-18(15)22-20/h3-12,17,19H,2,13H2,1H3. The van der Waals surface area contributed by atoms with E-state index in [2.05, 4.69) is 24.3 Å². The van der Waals surface area contributed by atoms with Crippen molar-refractivity contribution in [2.24, 2.45) is 5.92 Å². The first-order chi connectivity index (χ1) is 12.3. The van der Waals surface area contributed by atoms with E-state index >= 15 is 0 Å². The average Bonchev–Trinajstić information content (AvgIpc) is 3.41. The lowest BCUT2D eigenvalue weighted by Crippen LogP contribution is -2.08. The number of carbonyl (C=O) groups is 1. The van der Waals surface area contributed by atoms with Gasteiger partial charge in [-0.25, -0.2) is 4.98 Å². The van der Waals surface area contributed by atoms with Crippen molar-refractivity contribution in [2.75, 3.05) is 6.61 Å². The number of carbonyl (C=O) groups excluding carboxylic acids is 1. The smallest absolute Gasteiger partial charge is 0.310 e. The number of aromatic nitrogens is 1. The molecule has 0 bridgehead atoms. The summed E-state index contributed by atoms with van der Waals surface area (Å²) >= 11 is 1.70. The SMILES string of the molecule is CCOC(=O)C1CC1Sc1nc2ccccc2cc1-c1ccccc1. The molecule has 126 valence electrons. The first kappa shape index (κ1) is 16.2. The molecule has 3 aromatic rings. The number of pyridine rings is 1. The van der Waals surface area contributed by atoms with Gasteiger partial charge in [0.15, 0.2) is 0 Å². The normalized spacial score (nSPS) is 18.9. The van der Waals surface area contributed by atoms with E-state index in [-0.39, 0.29) is 17.1 Å². The molecule has 4 heteroatoms. The lowest BCUT2D eigenvalue weighted by molar-refractivity contribution is -0.144. The molecule has 2 atom stereocenters. The van der Waals surface area contributed by atoms with Crippen molar-refractivity contribution in [1.29, 1.82) is 0 Å². The summed E-state index contributed by atoms with van der Waals surface area (Å²) in [5, 5.41) is 2.38. The molecule has 1 aliphatic carbocycles. The van der Waals surface area contributed by atoms with Crippen molar-refractivity contribution < 1.29 is 9.53 Å². The van der Waals surface area contributed by atoms with E-state index in [1.807, 2.05) is 43.3 Å². The number of hydrogen-bond donors (Lipinski definition) is 0. The zero-order valence-corrected chi connectivity index (χ0v) is 14.8. The second kappa shape index (κ2) is 6.89. The molecule has 0 saturated heterocycles. The number of rotatable bonds is 5. The molecule has 1 saturated carbocycles. The van der Waals surface area contributed by atoms with Crippen LogP contribution in [0.25, 0.3) is 22.0 Å². The maximum atomic E-state index is 11.9. The van der Waals surface area contributed by atoms with Gasteiger partial charge in [0.05, 0.1) is 18.0 Å². The molecule has 25 heavy (non-hydrogen) atoms. The van der Waals surface area contributed by atoms with Crippen LogP contribution in [0.15, 0.2) is 65.7 Å². The predicted octanol–water partition coefficient (Wildman–Crippen LogP) is 4.95. The molecular formula is C21H19NO2S. The Morgan fingerprint density at radius 2 is 1.92 bits per heavy atom. The molecule has 0 amide bonds. The lowest BCUT2D eigenvalue weighted by Gasteiger charge is -2.11. The molecule has 1 aromatic heterocycles. The van der Waals surface area contributed by atoms with Gasteiger partial charge in [-0.15, -0.1) is 11.8 Å². The van der Waals surface area contributed by atoms with Crippen molar-refractivity contribution in [3.05, 3.63) is 60.7 Å². The van der Waals surface area contributed by atoms with Gasteiger partial charge < -0.3 is 4.74 Å². The molecule has 1 heterocycles. The highest BCUT2D eigenvalue weighted by Crippen LogP contribution is 2.47. The molecule has 3 nitrogen and oxygen atoms in total. The van der Waals surface area contributed by atoms with Gasteiger partial charge in [0, 0.05) is 16.2 Å². The summed E-state index contributed by atoms with van der Waals surface area (Å²) in [6, 6.07) is 20.6. The van der Waals surface area contributed by atoms with Gasteiger partial charge in [0.1, 0.15) is 5.03 Å². The Labute approximate surface area is 151 Å². The van der Waals surface area contributed by atoms with Crippen LogP contribution in [0.1, 0.15) is 13.3 Å². The lowest BCUT2D eigenvalue weighted by atomic mass is 10.1. The highest BCUT2D eigenvalue weighted by molar-refractivity contribution is 8.00. The number of nitrogens with zero attached hydrogens (tertiary/aromatic N) is 1. The van der Waals surface area contributed by atoms with Crippen LogP contribution in [-0.4, -0.2) is 22.8 Å². The monoisotopic (exact) mass is 349 g/mol. The first-order valence-electron chi connectivity index (χ1n) is 8.54. The van der Waals surface area contributed by atoms with Crippen molar-refractivity contribution in [3.8, 4) is 11.1 Å². The minimum absolute atomic E-state index is 0.00171. The maximum absolute atomic E-state index is 11.9. The van der Waals surface area contributed by atoms with Crippen LogP contribution in [-0.2, 0) is 9.53 Å². The van der Waals surface area contributed by atoms with Gasteiger partial charge in [0.2, 0.25) is 0 Å². The molecule has 0 radical (unpaired) electrons. The Morgan fingerprint density at radius 3 is 2.72 bits per heavy atom. The number of fused-ring (bicyclic) bond motifs is 1. The predicted molar refractivity (Wildman–Crippen MR) is 102 cm³/mol. The average molecular weight is 349 g/mol. The first-order valence-corrected chi connectivity index (χ1v) is 9.42. The van der Waals surface area contributed by atoms with Crippen LogP contribution in [0.2, 0.25) is 0 Å². The third kappa shape index (κ3) is 3.40. The summed E-state index contributed by atoms with van der Waals surface area (Å²) in [5.74, 6) is -0.0797. The zero-order chi connectivity index (χ0) is 17.2. The van der Waals surface area contributed by atoms with Gasteiger partial charge in [-0.2, -0.15) is 0 Å². The maximum Gasteiger partial charge on any atom is 0.310 e. The molecule has 1 aliphatic rings. The van der Waals surface area contributed by atoms with E-state index < -0.39 is 0 Å². The van der Waals surface area contributed by atoms with Crippen molar-refractivity contribution in [1.82, 2.24) is 4.98 Å².